The Hall–Kier alpha value is -1.63. The lowest BCUT2D eigenvalue weighted by molar-refractivity contribution is -0.384. The van der Waals surface area contributed by atoms with Crippen molar-refractivity contribution in [3.8, 4) is 5.75 Å². The Bertz CT molecular complexity index is 1120. The van der Waals surface area contributed by atoms with Gasteiger partial charge in [0.2, 0.25) is 0 Å². The van der Waals surface area contributed by atoms with Crippen LogP contribution >= 0.6 is 68.4 Å². The molecule has 0 radical (unpaired) electrons. The van der Waals surface area contributed by atoms with Gasteiger partial charge in [0.05, 0.1) is 18.3 Å². The minimum Gasteiger partial charge on any atom is -0.487 e. The fourth-order valence-electron chi connectivity index (χ4n) is 2.55. The van der Waals surface area contributed by atoms with Crippen molar-refractivity contribution in [1.82, 2.24) is 0 Å². The van der Waals surface area contributed by atoms with Gasteiger partial charge in [-0.15, -0.1) is 0 Å². The highest BCUT2D eigenvalue weighted by Crippen LogP contribution is 2.30. The molecule has 3 rings (SSSR count). The molecule has 0 aliphatic rings. The number of ether oxygens (including phenoxy) is 1. The molecule has 0 aromatic heterocycles. The zero-order valence-electron chi connectivity index (χ0n) is 15.7. The molecule has 0 bridgehead atoms. The molecule has 0 fully saturated rings. The van der Waals surface area contributed by atoms with E-state index in [1.807, 2.05) is 18.2 Å². The number of rotatable bonds is 8. The third-order valence-corrected chi connectivity index (χ3v) is 6.23. The number of benzene rings is 3. The Balaban J connectivity index is 1.61. The predicted molar refractivity (Wildman–Crippen MR) is 138 cm³/mol. The van der Waals surface area contributed by atoms with E-state index in [1.165, 1.54) is 12.1 Å². The summed E-state index contributed by atoms with van der Waals surface area (Å²) in [7, 11) is 0. The molecule has 31 heavy (non-hydrogen) atoms. The molecule has 160 valence electrons. The highest BCUT2D eigenvalue weighted by molar-refractivity contribution is 14.1. The standard InChI is InChI=1S/C21H14Cl2I2N2O4/c22-16-5-4-15(18(23)9-16)12-30-21-19(24)7-14(8-20(21)25)10-26-31-11-13-2-1-3-17(6-13)27(28)29/h1-10H,11-12H2/b26-10-. The van der Waals surface area contributed by atoms with E-state index in [1.54, 1.807) is 30.5 Å². The van der Waals surface area contributed by atoms with Crippen molar-refractivity contribution in [3.63, 3.8) is 0 Å². The minimum atomic E-state index is -0.443. The molecule has 6 nitrogen and oxygen atoms in total. The van der Waals surface area contributed by atoms with Crippen LogP contribution in [0, 0.1) is 17.3 Å². The van der Waals surface area contributed by atoms with E-state index in [-0.39, 0.29) is 12.3 Å². The molecular weight excluding hydrogens is 669 g/mol. The van der Waals surface area contributed by atoms with Crippen LogP contribution in [0.15, 0.2) is 59.8 Å². The first-order valence-corrected chi connectivity index (χ1v) is 11.7. The van der Waals surface area contributed by atoms with Gasteiger partial charge >= 0.3 is 0 Å². The molecule has 0 atom stereocenters. The van der Waals surface area contributed by atoms with Crippen LogP contribution in [0.25, 0.3) is 0 Å². The first kappa shape index (κ1) is 24.0. The number of nitrogens with zero attached hydrogens (tertiary/aromatic N) is 2. The van der Waals surface area contributed by atoms with Crippen molar-refractivity contribution >= 4 is 80.3 Å². The number of hydrogen-bond donors (Lipinski definition) is 0. The Morgan fingerprint density at radius 3 is 2.45 bits per heavy atom. The van der Waals surface area contributed by atoms with Crippen molar-refractivity contribution in [3.05, 3.63) is 98.6 Å². The van der Waals surface area contributed by atoms with Crippen LogP contribution in [-0.4, -0.2) is 11.1 Å². The monoisotopic (exact) mass is 682 g/mol. The maximum Gasteiger partial charge on any atom is 0.269 e. The number of oxime groups is 1. The van der Waals surface area contributed by atoms with Gasteiger partial charge in [0.1, 0.15) is 19.0 Å². The maximum atomic E-state index is 10.8. The number of halogens is 4. The average molecular weight is 683 g/mol. The fraction of sp³-hybridized carbons (Fsp3) is 0.0952. The molecule has 0 aliphatic carbocycles. The van der Waals surface area contributed by atoms with Gasteiger partial charge in [0, 0.05) is 27.7 Å². The summed E-state index contributed by atoms with van der Waals surface area (Å²) >= 11 is 16.5. The highest BCUT2D eigenvalue weighted by Gasteiger charge is 2.10. The SMILES string of the molecule is O=[N+]([O-])c1cccc(CO/N=C\c2cc(I)c(OCc3ccc(Cl)cc3Cl)c(I)c2)c1. The molecule has 0 heterocycles. The molecule has 10 heteroatoms. The first-order chi connectivity index (χ1) is 14.8. The third kappa shape index (κ3) is 6.93. The van der Waals surface area contributed by atoms with Gasteiger partial charge in [-0.25, -0.2) is 0 Å². The second kappa shape index (κ2) is 11.3. The van der Waals surface area contributed by atoms with E-state index < -0.39 is 4.92 Å². The van der Waals surface area contributed by atoms with E-state index in [2.05, 4.69) is 50.3 Å². The second-order valence-corrected chi connectivity index (χ2v) is 9.44. The second-order valence-electron chi connectivity index (χ2n) is 6.27. The van der Waals surface area contributed by atoms with Crippen LogP contribution < -0.4 is 4.74 Å². The Kier molecular flexibility index (Phi) is 8.76. The average Bonchev–Trinajstić information content (AvgIpc) is 2.72. The molecule has 0 saturated heterocycles. The molecule has 3 aromatic carbocycles. The van der Waals surface area contributed by atoms with Gasteiger partial charge in [-0.3, -0.25) is 10.1 Å². The quantitative estimate of drug-likeness (QED) is 0.109. The summed E-state index contributed by atoms with van der Waals surface area (Å²) in [5.41, 5.74) is 2.37. The van der Waals surface area contributed by atoms with Gasteiger partial charge in [0.25, 0.3) is 5.69 Å². The Morgan fingerprint density at radius 1 is 1.03 bits per heavy atom. The van der Waals surface area contributed by atoms with Gasteiger partial charge in [0.15, 0.2) is 0 Å². The van der Waals surface area contributed by atoms with Gasteiger partial charge in [-0.05, 0) is 80.6 Å². The van der Waals surface area contributed by atoms with Crippen molar-refractivity contribution in [2.24, 2.45) is 5.16 Å². The molecule has 0 N–H and O–H groups in total. The van der Waals surface area contributed by atoms with Crippen LogP contribution in [0.2, 0.25) is 10.0 Å². The molecule has 0 amide bonds. The summed E-state index contributed by atoms with van der Waals surface area (Å²) in [6.45, 7) is 0.456. The number of hydrogen-bond acceptors (Lipinski definition) is 5. The Morgan fingerprint density at radius 2 is 1.77 bits per heavy atom. The van der Waals surface area contributed by atoms with E-state index >= 15 is 0 Å². The summed E-state index contributed by atoms with van der Waals surface area (Å²) in [6.07, 6.45) is 1.58. The van der Waals surface area contributed by atoms with E-state index in [9.17, 15) is 10.1 Å². The van der Waals surface area contributed by atoms with Crippen LogP contribution in [0.4, 0.5) is 5.69 Å². The topological polar surface area (TPSA) is 74.0 Å². The largest absolute Gasteiger partial charge is 0.487 e. The Labute approximate surface area is 216 Å². The van der Waals surface area contributed by atoms with Gasteiger partial charge in [-0.1, -0.05) is 46.6 Å². The molecule has 0 spiro atoms. The molecule has 0 aliphatic heterocycles. The van der Waals surface area contributed by atoms with Crippen LogP contribution in [0.5, 0.6) is 5.75 Å². The van der Waals surface area contributed by atoms with Crippen molar-refractivity contribution < 1.29 is 14.5 Å². The van der Waals surface area contributed by atoms with Gasteiger partial charge in [-0.2, -0.15) is 0 Å². The van der Waals surface area contributed by atoms with Gasteiger partial charge < -0.3 is 9.57 Å². The van der Waals surface area contributed by atoms with Crippen molar-refractivity contribution in [2.75, 3.05) is 0 Å². The van der Waals surface area contributed by atoms with Crippen LogP contribution in [-0.2, 0) is 18.1 Å². The van der Waals surface area contributed by atoms with E-state index in [0.29, 0.717) is 22.2 Å². The summed E-state index contributed by atoms with van der Waals surface area (Å²) in [5, 5.41) is 15.9. The van der Waals surface area contributed by atoms with Crippen molar-refractivity contribution in [1.29, 1.82) is 0 Å². The highest BCUT2D eigenvalue weighted by atomic mass is 127. The predicted octanol–water partition coefficient (Wildman–Crippen LogP) is 7.24. The fourth-order valence-corrected chi connectivity index (χ4v) is 5.14. The normalized spacial score (nSPS) is 11.0. The number of nitro benzene ring substituents is 1. The lowest BCUT2D eigenvalue weighted by Gasteiger charge is -2.12. The number of nitro groups is 1. The van der Waals surface area contributed by atoms with Crippen LogP contribution in [0.1, 0.15) is 16.7 Å². The van der Waals surface area contributed by atoms with E-state index in [4.69, 9.17) is 32.8 Å². The minimum absolute atomic E-state index is 0.0182. The zero-order chi connectivity index (χ0) is 22.4. The van der Waals surface area contributed by atoms with E-state index in [0.717, 1.165) is 24.0 Å². The summed E-state index contributed by atoms with van der Waals surface area (Å²) in [4.78, 5) is 15.7. The smallest absolute Gasteiger partial charge is 0.269 e. The molecule has 0 unspecified atom stereocenters. The molecule has 3 aromatic rings. The molecule has 0 saturated carbocycles. The lowest BCUT2D eigenvalue weighted by Crippen LogP contribution is -2.01. The van der Waals surface area contributed by atoms with Crippen LogP contribution in [0.3, 0.4) is 0 Å². The molecular formula is C21H14Cl2I2N2O4. The number of non-ortho nitro benzene ring substituents is 1. The van der Waals surface area contributed by atoms with Crippen molar-refractivity contribution in [2.45, 2.75) is 13.2 Å². The first-order valence-electron chi connectivity index (χ1n) is 8.78. The zero-order valence-corrected chi connectivity index (χ0v) is 21.6. The summed E-state index contributed by atoms with van der Waals surface area (Å²) < 4.78 is 7.79. The summed E-state index contributed by atoms with van der Waals surface area (Å²) in [6, 6.07) is 15.4. The summed E-state index contributed by atoms with van der Waals surface area (Å²) in [5.74, 6) is 0.752. The maximum absolute atomic E-state index is 10.8. The third-order valence-electron chi connectivity index (χ3n) is 4.04. The lowest BCUT2D eigenvalue weighted by atomic mass is 10.2.